The van der Waals surface area contributed by atoms with Gasteiger partial charge in [0.15, 0.2) is 0 Å². The molecule has 2 aromatic heterocycles. The lowest BCUT2D eigenvalue weighted by atomic mass is 10.1. The topological polar surface area (TPSA) is 17.0 Å². The molecule has 0 aliphatic heterocycles. The molecular weight excluding hydrogens is 332 g/mol. The molecule has 3 rings (SSSR count). The Morgan fingerprint density at radius 3 is 2.65 bits per heavy atom. The van der Waals surface area contributed by atoms with E-state index < -0.39 is 0 Å². The molecule has 20 heavy (non-hydrogen) atoms. The summed E-state index contributed by atoms with van der Waals surface area (Å²) in [6.07, 6.45) is 0. The van der Waals surface area contributed by atoms with Gasteiger partial charge in [0.25, 0.3) is 0 Å². The third kappa shape index (κ3) is 2.55. The number of fused-ring (bicyclic) bond motifs is 1. The molecule has 0 amide bonds. The maximum Gasteiger partial charge on any atom is 0.0701 e. The monoisotopic (exact) mass is 348 g/mol. The van der Waals surface area contributed by atoms with Crippen molar-refractivity contribution < 1.29 is 0 Å². The molecule has 3 aromatic rings. The third-order valence-corrected chi connectivity index (χ3v) is 5.35. The number of para-hydroxylation sites is 1. The highest BCUT2D eigenvalue weighted by Gasteiger charge is 2.10. The van der Waals surface area contributed by atoms with Crippen LogP contribution in [0, 0.1) is 6.92 Å². The van der Waals surface area contributed by atoms with E-state index >= 15 is 0 Å². The number of nitrogens with one attached hydrogen (secondary N) is 1. The van der Waals surface area contributed by atoms with E-state index in [2.05, 4.69) is 76.2 Å². The van der Waals surface area contributed by atoms with Gasteiger partial charge in [-0.05, 0) is 46.6 Å². The van der Waals surface area contributed by atoms with Gasteiger partial charge in [-0.3, -0.25) is 0 Å². The molecule has 0 saturated heterocycles. The predicted molar refractivity (Wildman–Crippen MR) is 90.2 cm³/mol. The molecule has 0 unspecified atom stereocenters. The standard InChI is InChI=1S/C16H17BrN2S/c1-11-13-5-3-4-6-14(13)19(2)15(11)10-18-9-12-7-8-16(17)20-12/h3-8,18H,9-10H2,1-2H3. The molecule has 4 heteroatoms. The first-order valence-corrected chi connectivity index (χ1v) is 8.25. The minimum atomic E-state index is 0.895. The summed E-state index contributed by atoms with van der Waals surface area (Å²) in [5.41, 5.74) is 4.05. The van der Waals surface area contributed by atoms with Gasteiger partial charge in [-0.15, -0.1) is 11.3 Å². The van der Waals surface area contributed by atoms with Crippen molar-refractivity contribution in [1.29, 1.82) is 0 Å². The van der Waals surface area contributed by atoms with Crippen molar-refractivity contribution in [2.75, 3.05) is 0 Å². The zero-order valence-corrected chi connectivity index (χ0v) is 14.0. The SMILES string of the molecule is Cc1c(CNCc2ccc(Br)s2)n(C)c2ccccc12. The van der Waals surface area contributed by atoms with Crippen molar-refractivity contribution in [3.05, 3.63) is 56.3 Å². The molecule has 0 atom stereocenters. The van der Waals surface area contributed by atoms with E-state index in [-0.39, 0.29) is 0 Å². The molecule has 2 heterocycles. The first-order chi connectivity index (χ1) is 9.66. The minimum Gasteiger partial charge on any atom is -0.346 e. The Balaban J connectivity index is 1.77. The molecule has 104 valence electrons. The lowest BCUT2D eigenvalue weighted by Gasteiger charge is -2.07. The van der Waals surface area contributed by atoms with Crippen molar-refractivity contribution in [2.24, 2.45) is 7.05 Å². The lowest BCUT2D eigenvalue weighted by Crippen LogP contribution is -2.15. The molecule has 0 aliphatic rings. The Morgan fingerprint density at radius 1 is 1.15 bits per heavy atom. The van der Waals surface area contributed by atoms with Crippen molar-refractivity contribution in [3.63, 3.8) is 0 Å². The maximum atomic E-state index is 3.54. The average molecular weight is 349 g/mol. The molecular formula is C16H17BrN2S. The van der Waals surface area contributed by atoms with Crippen LogP contribution in [0.3, 0.4) is 0 Å². The van der Waals surface area contributed by atoms with Crippen LogP contribution in [-0.4, -0.2) is 4.57 Å². The zero-order chi connectivity index (χ0) is 14.1. The summed E-state index contributed by atoms with van der Waals surface area (Å²) in [5.74, 6) is 0. The summed E-state index contributed by atoms with van der Waals surface area (Å²) in [4.78, 5) is 1.35. The van der Waals surface area contributed by atoms with Gasteiger partial charge in [0.1, 0.15) is 0 Å². The van der Waals surface area contributed by atoms with E-state index in [4.69, 9.17) is 0 Å². The fourth-order valence-corrected chi connectivity index (χ4v) is 4.09. The first-order valence-electron chi connectivity index (χ1n) is 6.64. The largest absolute Gasteiger partial charge is 0.346 e. The van der Waals surface area contributed by atoms with Gasteiger partial charge in [0, 0.05) is 41.6 Å². The number of thiophene rings is 1. The van der Waals surface area contributed by atoms with Crippen LogP contribution < -0.4 is 5.32 Å². The van der Waals surface area contributed by atoms with Crippen LogP contribution in [0.25, 0.3) is 10.9 Å². The van der Waals surface area contributed by atoms with Crippen molar-refractivity contribution in [3.8, 4) is 0 Å². The number of halogens is 1. The van der Waals surface area contributed by atoms with E-state index in [1.54, 1.807) is 11.3 Å². The van der Waals surface area contributed by atoms with Crippen molar-refractivity contribution in [1.82, 2.24) is 9.88 Å². The zero-order valence-electron chi connectivity index (χ0n) is 11.6. The van der Waals surface area contributed by atoms with Crippen LogP contribution in [0.5, 0.6) is 0 Å². The van der Waals surface area contributed by atoms with Crippen LogP contribution in [0.2, 0.25) is 0 Å². The molecule has 0 radical (unpaired) electrons. The second kappa shape index (κ2) is 5.72. The molecule has 0 spiro atoms. The summed E-state index contributed by atoms with van der Waals surface area (Å²) >= 11 is 5.29. The second-order valence-electron chi connectivity index (χ2n) is 4.96. The number of hydrogen-bond acceptors (Lipinski definition) is 2. The van der Waals surface area contributed by atoms with Crippen LogP contribution in [-0.2, 0) is 20.1 Å². The summed E-state index contributed by atoms with van der Waals surface area (Å²) < 4.78 is 3.48. The molecule has 0 aliphatic carbocycles. The second-order valence-corrected chi connectivity index (χ2v) is 7.50. The number of rotatable bonds is 4. The molecule has 1 N–H and O–H groups in total. The number of nitrogens with zero attached hydrogens (tertiary/aromatic N) is 1. The Bertz CT molecular complexity index is 703. The Kier molecular flexibility index (Phi) is 3.96. The van der Waals surface area contributed by atoms with Gasteiger partial charge in [-0.2, -0.15) is 0 Å². The van der Waals surface area contributed by atoms with Gasteiger partial charge >= 0.3 is 0 Å². The van der Waals surface area contributed by atoms with Crippen LogP contribution in [0.4, 0.5) is 0 Å². The molecule has 0 fully saturated rings. The first kappa shape index (κ1) is 13.9. The fourth-order valence-electron chi connectivity index (χ4n) is 2.64. The Morgan fingerprint density at radius 2 is 1.95 bits per heavy atom. The van der Waals surface area contributed by atoms with E-state index in [1.807, 2.05) is 0 Å². The summed E-state index contributed by atoms with van der Waals surface area (Å²) in [6.45, 7) is 4.02. The highest BCUT2D eigenvalue weighted by molar-refractivity contribution is 9.11. The molecule has 0 bridgehead atoms. The van der Waals surface area contributed by atoms with Crippen molar-refractivity contribution >= 4 is 38.2 Å². The number of hydrogen-bond donors (Lipinski definition) is 1. The number of aryl methyl sites for hydroxylation is 2. The van der Waals surface area contributed by atoms with Crippen LogP contribution >= 0.6 is 27.3 Å². The van der Waals surface area contributed by atoms with E-state index in [1.165, 1.54) is 30.8 Å². The molecule has 0 saturated carbocycles. The highest BCUT2D eigenvalue weighted by Crippen LogP contribution is 2.25. The smallest absolute Gasteiger partial charge is 0.0701 e. The summed E-state index contributed by atoms with van der Waals surface area (Å²) in [7, 11) is 2.15. The van der Waals surface area contributed by atoms with Crippen molar-refractivity contribution in [2.45, 2.75) is 20.0 Å². The predicted octanol–water partition coefficient (Wildman–Crippen LogP) is 4.60. The lowest BCUT2D eigenvalue weighted by molar-refractivity contribution is 0.662. The van der Waals surface area contributed by atoms with Crippen LogP contribution in [0.1, 0.15) is 16.1 Å². The minimum absolute atomic E-state index is 0.895. The average Bonchev–Trinajstić information content (AvgIpc) is 2.97. The normalized spacial score (nSPS) is 11.3. The highest BCUT2D eigenvalue weighted by atomic mass is 79.9. The quantitative estimate of drug-likeness (QED) is 0.728. The Labute approximate surface area is 131 Å². The van der Waals surface area contributed by atoms with E-state index in [0.29, 0.717) is 0 Å². The number of aromatic nitrogens is 1. The summed E-state index contributed by atoms with van der Waals surface area (Å²) in [5, 5.41) is 4.90. The van der Waals surface area contributed by atoms with Gasteiger partial charge in [-0.25, -0.2) is 0 Å². The fraction of sp³-hybridized carbons (Fsp3) is 0.250. The van der Waals surface area contributed by atoms with E-state index in [0.717, 1.165) is 13.1 Å². The Hall–Kier alpha value is -1.10. The van der Waals surface area contributed by atoms with Gasteiger partial charge < -0.3 is 9.88 Å². The third-order valence-electron chi connectivity index (χ3n) is 3.73. The van der Waals surface area contributed by atoms with Gasteiger partial charge in [-0.1, -0.05) is 18.2 Å². The van der Waals surface area contributed by atoms with Gasteiger partial charge in [0.05, 0.1) is 3.79 Å². The van der Waals surface area contributed by atoms with Crippen LogP contribution in [0.15, 0.2) is 40.2 Å². The van der Waals surface area contributed by atoms with Gasteiger partial charge in [0.2, 0.25) is 0 Å². The maximum absolute atomic E-state index is 3.54. The number of benzene rings is 1. The molecule has 2 nitrogen and oxygen atoms in total. The molecule has 1 aromatic carbocycles. The summed E-state index contributed by atoms with van der Waals surface area (Å²) in [6, 6.07) is 12.9. The van der Waals surface area contributed by atoms with E-state index in [9.17, 15) is 0 Å².